The Morgan fingerprint density at radius 1 is 1.29 bits per heavy atom. The summed E-state index contributed by atoms with van der Waals surface area (Å²) >= 11 is 7.26. The van der Waals surface area contributed by atoms with E-state index in [2.05, 4.69) is 25.0 Å². The van der Waals surface area contributed by atoms with Crippen LogP contribution >= 0.6 is 23.6 Å². The number of fused-ring (bicyclic) bond motifs is 1. The van der Waals surface area contributed by atoms with Crippen LogP contribution in [0.15, 0.2) is 47.1 Å². The molecule has 1 aromatic carbocycles. The van der Waals surface area contributed by atoms with E-state index in [1.165, 1.54) is 17.4 Å². The Kier molecular flexibility index (Phi) is 7.79. The number of piperazine rings is 1. The quantitative estimate of drug-likeness (QED) is 0.324. The van der Waals surface area contributed by atoms with E-state index in [1.807, 2.05) is 17.5 Å². The number of thiocarbonyl (C=S) groups is 1. The van der Waals surface area contributed by atoms with Gasteiger partial charge in [0.15, 0.2) is 5.11 Å². The van der Waals surface area contributed by atoms with Crippen molar-refractivity contribution in [2.75, 3.05) is 45.9 Å². The van der Waals surface area contributed by atoms with Crippen LogP contribution in [0.1, 0.15) is 41.8 Å². The number of halogens is 1. The molecule has 6 rings (SSSR count). The Morgan fingerprint density at radius 2 is 2.10 bits per heavy atom. The lowest BCUT2D eigenvalue weighted by Crippen LogP contribution is -2.53. The Labute approximate surface area is 253 Å². The van der Waals surface area contributed by atoms with Crippen LogP contribution in [0.3, 0.4) is 0 Å². The molecule has 222 valence electrons. The highest BCUT2D eigenvalue weighted by Crippen LogP contribution is 2.47. The lowest BCUT2D eigenvalue weighted by atomic mass is 9.84. The zero-order valence-electron chi connectivity index (χ0n) is 23.6. The second kappa shape index (κ2) is 11.4. The summed E-state index contributed by atoms with van der Waals surface area (Å²) in [5.74, 6) is -2.02. The van der Waals surface area contributed by atoms with E-state index in [-0.39, 0.29) is 18.5 Å². The number of nitrogens with one attached hydrogen (secondary N) is 1. The molecule has 1 saturated carbocycles. The second-order valence-electron chi connectivity index (χ2n) is 11.4. The zero-order valence-corrected chi connectivity index (χ0v) is 25.3. The lowest BCUT2D eigenvalue weighted by Gasteiger charge is -2.39. The van der Waals surface area contributed by atoms with Gasteiger partial charge in [0.25, 0.3) is 0 Å². The van der Waals surface area contributed by atoms with Crippen LogP contribution in [0.2, 0.25) is 0 Å². The van der Waals surface area contributed by atoms with E-state index in [1.54, 1.807) is 26.1 Å². The normalized spacial score (nSPS) is 23.4. The van der Waals surface area contributed by atoms with Crippen molar-refractivity contribution in [1.29, 1.82) is 0 Å². The van der Waals surface area contributed by atoms with E-state index >= 15 is 0 Å². The number of hydrogen-bond acceptors (Lipinski definition) is 8. The average molecular weight is 612 g/mol. The van der Waals surface area contributed by atoms with Crippen molar-refractivity contribution in [3.63, 3.8) is 0 Å². The third-order valence-corrected chi connectivity index (χ3v) is 10.1. The van der Waals surface area contributed by atoms with Gasteiger partial charge in [0, 0.05) is 62.5 Å². The number of carbonyl (C=O) groups is 2. The Hall–Kier alpha value is -3.35. The lowest BCUT2D eigenvalue weighted by molar-refractivity contribution is -0.143. The van der Waals surface area contributed by atoms with E-state index in [4.69, 9.17) is 17.0 Å². The van der Waals surface area contributed by atoms with Crippen molar-refractivity contribution in [1.82, 2.24) is 25.0 Å². The highest BCUT2D eigenvalue weighted by atomic mass is 32.1. The molecule has 0 radical (unpaired) electrons. The van der Waals surface area contributed by atoms with Gasteiger partial charge >= 0.3 is 11.9 Å². The first-order valence-corrected chi connectivity index (χ1v) is 15.5. The fourth-order valence-corrected chi connectivity index (χ4v) is 7.28. The monoisotopic (exact) mass is 611 g/mol. The van der Waals surface area contributed by atoms with E-state index in [0.717, 1.165) is 22.4 Å². The molecule has 2 atom stereocenters. The van der Waals surface area contributed by atoms with Crippen LogP contribution in [-0.4, -0.2) is 93.8 Å². The summed E-state index contributed by atoms with van der Waals surface area (Å²) in [4.78, 5) is 36.4. The number of carbonyl (C=O) groups excluding carboxylic acids is 1. The number of carboxylic acids is 1. The van der Waals surface area contributed by atoms with Crippen molar-refractivity contribution in [3.05, 3.63) is 69.1 Å². The van der Waals surface area contributed by atoms with Crippen molar-refractivity contribution in [3.8, 4) is 0 Å². The third-order valence-electron chi connectivity index (χ3n) is 8.75. The summed E-state index contributed by atoms with van der Waals surface area (Å²) in [5.41, 5.74) is 2.48. The molecule has 2 unspecified atom stereocenters. The van der Waals surface area contributed by atoms with E-state index < -0.39 is 23.3 Å². The van der Waals surface area contributed by atoms with Crippen molar-refractivity contribution in [2.24, 2.45) is 5.41 Å². The van der Waals surface area contributed by atoms with Gasteiger partial charge in [-0.1, -0.05) is 12.1 Å². The maximum atomic E-state index is 14.8. The largest absolute Gasteiger partial charge is 0.481 e. The maximum Gasteiger partial charge on any atom is 0.336 e. The molecule has 9 nitrogen and oxygen atoms in total. The molecule has 3 aliphatic heterocycles. The fourth-order valence-electron chi connectivity index (χ4n) is 6.28. The van der Waals surface area contributed by atoms with Gasteiger partial charge in [0.1, 0.15) is 10.8 Å². The minimum Gasteiger partial charge on any atom is -0.481 e. The first kappa shape index (κ1) is 28.8. The molecule has 2 saturated heterocycles. The number of dihydropyridines is 1. The summed E-state index contributed by atoms with van der Waals surface area (Å²) in [6, 6.07) is 5.08. The van der Waals surface area contributed by atoms with Gasteiger partial charge in [-0.25, -0.2) is 14.2 Å². The van der Waals surface area contributed by atoms with Gasteiger partial charge in [-0.3, -0.25) is 9.69 Å². The van der Waals surface area contributed by atoms with Gasteiger partial charge < -0.3 is 25.0 Å². The molecule has 2 aromatic rings. The second-order valence-corrected chi connectivity index (χ2v) is 12.7. The number of allylic oxidation sites excluding steroid dienone is 1. The van der Waals surface area contributed by atoms with E-state index in [9.17, 15) is 19.1 Å². The first-order chi connectivity index (χ1) is 20.2. The fraction of sp³-hybridized carbons (Fsp3) is 0.467. The summed E-state index contributed by atoms with van der Waals surface area (Å²) in [5, 5.41) is 16.6. The summed E-state index contributed by atoms with van der Waals surface area (Å²) < 4.78 is 20.3. The number of nitrogens with zero attached hydrogens (tertiary/aromatic N) is 4. The highest BCUT2D eigenvalue weighted by molar-refractivity contribution is 7.80. The minimum absolute atomic E-state index is 0.126. The number of rotatable bonds is 9. The standard InChI is InChI=1S/C30H34FN5O4S2/c1-3-40-27(37)25-21(20-5-4-6-22(31)18(20)2)13-23(26-32-9-12-42-26)33-24(25)16-34-10-11-36-19(14-34)15-35(29(36)41)17-30(7-8-30)28(38)39/h4-6,9,12-13,19,21,33H,3,7-8,10-11,14-17H2,1-2H3,(H,38,39). The number of thiazole rings is 1. The smallest absolute Gasteiger partial charge is 0.336 e. The van der Waals surface area contributed by atoms with Gasteiger partial charge in [-0.2, -0.15) is 0 Å². The van der Waals surface area contributed by atoms with Gasteiger partial charge in [-0.15, -0.1) is 11.3 Å². The van der Waals surface area contributed by atoms with Crippen molar-refractivity contribution >= 4 is 46.3 Å². The molecule has 4 heterocycles. The molecule has 0 bridgehead atoms. The van der Waals surface area contributed by atoms with Crippen LogP contribution < -0.4 is 5.32 Å². The average Bonchev–Trinajstić information content (AvgIpc) is 3.41. The summed E-state index contributed by atoms with van der Waals surface area (Å²) in [6.45, 7) is 7.45. The Bertz CT molecular complexity index is 1470. The molecule has 3 fully saturated rings. The number of ether oxygens (including phenoxy) is 1. The van der Waals surface area contributed by atoms with Crippen LogP contribution in [0.25, 0.3) is 5.70 Å². The van der Waals surface area contributed by atoms with Gasteiger partial charge in [0.05, 0.1) is 29.3 Å². The Balaban J connectivity index is 1.29. The number of aliphatic carboxylic acids is 1. The van der Waals surface area contributed by atoms with Crippen LogP contribution in [0.5, 0.6) is 0 Å². The molecule has 2 N–H and O–H groups in total. The number of benzene rings is 1. The zero-order chi connectivity index (χ0) is 29.6. The SMILES string of the molecule is CCOC(=O)C1=C(CN2CCN3C(=S)N(CC4(C(=O)O)CC4)CC3C2)NC(c2nccs2)=CC1c1cccc(F)c1C. The van der Waals surface area contributed by atoms with E-state index in [0.29, 0.717) is 68.0 Å². The maximum absolute atomic E-state index is 14.8. The number of esters is 1. The minimum atomic E-state index is -0.745. The molecular weight excluding hydrogens is 577 g/mol. The molecule has 1 aromatic heterocycles. The number of carboxylic acid groups (broad SMARTS) is 1. The van der Waals surface area contributed by atoms with Crippen LogP contribution in [0, 0.1) is 18.2 Å². The molecule has 4 aliphatic rings. The molecule has 42 heavy (non-hydrogen) atoms. The van der Waals surface area contributed by atoms with Crippen LogP contribution in [-0.2, 0) is 14.3 Å². The van der Waals surface area contributed by atoms with Crippen LogP contribution in [0.4, 0.5) is 4.39 Å². The van der Waals surface area contributed by atoms with Crippen molar-refractivity contribution < 1.29 is 23.8 Å². The topological polar surface area (TPSA) is 98.2 Å². The molecule has 0 spiro atoms. The molecule has 12 heteroatoms. The van der Waals surface area contributed by atoms with Gasteiger partial charge in [-0.05, 0) is 62.2 Å². The predicted octanol–water partition coefficient (Wildman–Crippen LogP) is 3.59. The Morgan fingerprint density at radius 3 is 2.79 bits per heavy atom. The molecule has 0 amide bonds. The summed E-state index contributed by atoms with van der Waals surface area (Å²) in [6.07, 6.45) is 5.06. The summed E-state index contributed by atoms with van der Waals surface area (Å²) in [7, 11) is 0. The number of aromatic nitrogens is 1. The molecule has 1 aliphatic carbocycles. The first-order valence-electron chi connectivity index (χ1n) is 14.3. The predicted molar refractivity (Wildman–Crippen MR) is 161 cm³/mol. The number of hydrogen-bond donors (Lipinski definition) is 2. The van der Waals surface area contributed by atoms with Gasteiger partial charge in [0.2, 0.25) is 0 Å². The highest BCUT2D eigenvalue weighted by Gasteiger charge is 2.53. The molecular formula is C30H34FN5O4S2. The van der Waals surface area contributed by atoms with Crippen molar-refractivity contribution in [2.45, 2.75) is 38.6 Å². The third kappa shape index (κ3) is 5.31.